The van der Waals surface area contributed by atoms with E-state index in [1.54, 1.807) is 55.5 Å². The van der Waals surface area contributed by atoms with Crippen LogP contribution in [0.2, 0.25) is 5.02 Å². The fourth-order valence-electron chi connectivity index (χ4n) is 3.86. The number of amides is 1. The van der Waals surface area contributed by atoms with E-state index in [1.807, 2.05) is 30.3 Å². The molecule has 2 heterocycles. The van der Waals surface area contributed by atoms with E-state index in [9.17, 15) is 14.7 Å². The maximum atomic E-state index is 13.2. The Morgan fingerprint density at radius 2 is 1.69 bits per heavy atom. The van der Waals surface area contributed by atoms with Gasteiger partial charge in [-0.3, -0.25) is 14.5 Å². The molecule has 0 saturated carbocycles. The van der Waals surface area contributed by atoms with Crippen LogP contribution in [-0.4, -0.2) is 27.0 Å². The lowest BCUT2D eigenvalue weighted by atomic mass is 9.95. The molecule has 1 saturated heterocycles. The van der Waals surface area contributed by atoms with Crippen molar-refractivity contribution < 1.29 is 19.4 Å². The van der Waals surface area contributed by atoms with Crippen molar-refractivity contribution in [3.8, 4) is 11.5 Å². The second-order valence-electron chi connectivity index (χ2n) is 7.77. The zero-order chi connectivity index (χ0) is 24.5. The molecular formula is C26H18ClN3O4S. The van der Waals surface area contributed by atoms with Gasteiger partial charge in [0.05, 0.1) is 11.6 Å². The van der Waals surface area contributed by atoms with Gasteiger partial charge < -0.3 is 9.84 Å². The van der Waals surface area contributed by atoms with Crippen LogP contribution in [0.25, 0.3) is 5.76 Å². The van der Waals surface area contributed by atoms with Gasteiger partial charge in [0.2, 0.25) is 5.13 Å². The first-order valence-corrected chi connectivity index (χ1v) is 11.8. The second kappa shape index (κ2) is 9.32. The largest absolute Gasteiger partial charge is 0.507 e. The van der Waals surface area contributed by atoms with Crippen molar-refractivity contribution in [3.05, 3.63) is 106 Å². The third-order valence-electron chi connectivity index (χ3n) is 5.44. The number of carbonyl (C=O) groups is 2. The van der Waals surface area contributed by atoms with Crippen molar-refractivity contribution in [2.45, 2.75) is 13.0 Å². The number of aromatic nitrogens is 2. The first-order chi connectivity index (χ1) is 16.9. The summed E-state index contributed by atoms with van der Waals surface area (Å²) < 4.78 is 5.96. The maximum absolute atomic E-state index is 13.2. The second-order valence-corrected chi connectivity index (χ2v) is 9.36. The predicted molar refractivity (Wildman–Crippen MR) is 134 cm³/mol. The highest BCUT2D eigenvalue weighted by Crippen LogP contribution is 2.43. The van der Waals surface area contributed by atoms with Gasteiger partial charge in [-0.05, 0) is 61.0 Å². The third-order valence-corrected chi connectivity index (χ3v) is 6.53. The standard InChI is InChI=1S/C26H18ClN3O4S/c1-15-28-29-26(35-15)30-22(17-6-5-9-20(14-17)34-19-7-3-2-4-8-19)21(24(32)25(30)33)23(31)16-10-12-18(27)13-11-16/h2-14,22,31H,1H3. The molecule has 1 atom stereocenters. The molecule has 1 aromatic heterocycles. The van der Waals surface area contributed by atoms with Gasteiger partial charge >= 0.3 is 5.91 Å². The molecule has 1 aliphatic rings. The van der Waals surface area contributed by atoms with Gasteiger partial charge in [-0.25, -0.2) is 0 Å². The lowest BCUT2D eigenvalue weighted by Crippen LogP contribution is -2.29. The molecule has 0 aliphatic carbocycles. The van der Waals surface area contributed by atoms with E-state index >= 15 is 0 Å². The van der Waals surface area contributed by atoms with Gasteiger partial charge in [-0.15, -0.1) is 10.2 Å². The molecule has 3 aromatic carbocycles. The van der Waals surface area contributed by atoms with E-state index in [4.69, 9.17) is 16.3 Å². The summed E-state index contributed by atoms with van der Waals surface area (Å²) >= 11 is 7.17. The molecule has 35 heavy (non-hydrogen) atoms. The summed E-state index contributed by atoms with van der Waals surface area (Å²) in [6, 6.07) is 21.7. The molecule has 1 N–H and O–H groups in total. The van der Waals surface area contributed by atoms with E-state index < -0.39 is 17.7 Å². The number of ether oxygens (including phenoxy) is 1. The molecular weight excluding hydrogens is 486 g/mol. The highest BCUT2D eigenvalue weighted by Gasteiger charge is 2.48. The molecule has 4 aromatic rings. The minimum atomic E-state index is -0.933. The molecule has 5 rings (SSSR count). The van der Waals surface area contributed by atoms with Crippen molar-refractivity contribution >= 4 is 45.5 Å². The number of carbonyl (C=O) groups excluding carboxylic acids is 2. The van der Waals surface area contributed by atoms with Gasteiger partial charge in [-0.1, -0.05) is 53.3 Å². The summed E-state index contributed by atoms with van der Waals surface area (Å²) in [5.41, 5.74) is 0.880. The highest BCUT2D eigenvalue weighted by molar-refractivity contribution is 7.15. The van der Waals surface area contributed by atoms with Gasteiger partial charge in [0, 0.05) is 10.6 Å². The van der Waals surface area contributed by atoms with Crippen molar-refractivity contribution in [1.29, 1.82) is 0 Å². The summed E-state index contributed by atoms with van der Waals surface area (Å²) in [5.74, 6) is -0.761. The number of ketones is 1. The van der Waals surface area contributed by atoms with Crippen LogP contribution in [0.3, 0.4) is 0 Å². The maximum Gasteiger partial charge on any atom is 0.301 e. The van der Waals surface area contributed by atoms with Gasteiger partial charge in [-0.2, -0.15) is 0 Å². The number of hydrogen-bond acceptors (Lipinski definition) is 7. The normalized spacial score (nSPS) is 17.1. The molecule has 1 amide bonds. The minimum absolute atomic E-state index is 0.0537. The van der Waals surface area contributed by atoms with Crippen molar-refractivity contribution in [3.63, 3.8) is 0 Å². The molecule has 0 radical (unpaired) electrons. The summed E-state index contributed by atoms with van der Waals surface area (Å²) in [5, 5.41) is 20.7. The molecule has 1 aliphatic heterocycles. The molecule has 1 fully saturated rings. The third kappa shape index (κ3) is 4.41. The zero-order valence-corrected chi connectivity index (χ0v) is 20.0. The Hall–Kier alpha value is -4.01. The number of aliphatic hydroxyl groups excluding tert-OH is 1. The average molecular weight is 504 g/mol. The number of para-hydroxylation sites is 1. The summed E-state index contributed by atoms with van der Waals surface area (Å²) in [6.45, 7) is 1.76. The van der Waals surface area contributed by atoms with Gasteiger partial charge in [0.15, 0.2) is 0 Å². The number of nitrogens with zero attached hydrogens (tertiary/aromatic N) is 3. The van der Waals surface area contributed by atoms with E-state index in [2.05, 4.69) is 10.2 Å². The van der Waals surface area contributed by atoms with E-state index in [-0.39, 0.29) is 16.5 Å². The van der Waals surface area contributed by atoms with Crippen LogP contribution in [0, 0.1) is 6.92 Å². The Kier molecular flexibility index (Phi) is 6.07. The Bertz CT molecular complexity index is 1450. The Morgan fingerprint density at radius 3 is 2.37 bits per heavy atom. The molecule has 1 unspecified atom stereocenters. The summed E-state index contributed by atoms with van der Waals surface area (Å²) in [7, 11) is 0. The van der Waals surface area contributed by atoms with E-state index in [0.29, 0.717) is 32.7 Å². The lowest BCUT2D eigenvalue weighted by molar-refractivity contribution is -0.132. The minimum Gasteiger partial charge on any atom is -0.507 e. The molecule has 7 nitrogen and oxygen atoms in total. The predicted octanol–water partition coefficient (Wildman–Crippen LogP) is 5.92. The smallest absolute Gasteiger partial charge is 0.301 e. The summed E-state index contributed by atoms with van der Waals surface area (Å²) in [4.78, 5) is 27.7. The zero-order valence-electron chi connectivity index (χ0n) is 18.4. The number of aliphatic hydroxyl groups is 1. The highest BCUT2D eigenvalue weighted by atomic mass is 35.5. The van der Waals surface area contributed by atoms with Crippen LogP contribution >= 0.6 is 22.9 Å². The number of hydrogen-bond donors (Lipinski definition) is 1. The number of aryl methyl sites for hydroxylation is 1. The first-order valence-electron chi connectivity index (χ1n) is 10.6. The van der Waals surface area contributed by atoms with Crippen LogP contribution in [-0.2, 0) is 9.59 Å². The van der Waals surface area contributed by atoms with Gasteiger partial charge in [0.25, 0.3) is 5.78 Å². The van der Waals surface area contributed by atoms with Crippen LogP contribution < -0.4 is 9.64 Å². The van der Waals surface area contributed by atoms with Crippen LogP contribution in [0.5, 0.6) is 11.5 Å². The van der Waals surface area contributed by atoms with Crippen molar-refractivity contribution in [2.24, 2.45) is 0 Å². The molecule has 174 valence electrons. The Labute approximate surface area is 209 Å². The number of anilines is 1. The van der Waals surface area contributed by atoms with Crippen molar-refractivity contribution in [2.75, 3.05) is 4.90 Å². The topological polar surface area (TPSA) is 92.6 Å². The van der Waals surface area contributed by atoms with Crippen LogP contribution in [0.4, 0.5) is 5.13 Å². The number of rotatable bonds is 5. The van der Waals surface area contributed by atoms with Crippen LogP contribution in [0.1, 0.15) is 22.2 Å². The Balaban J connectivity index is 1.65. The fourth-order valence-corrected chi connectivity index (χ4v) is 4.70. The first kappa shape index (κ1) is 22.8. The quantitative estimate of drug-likeness (QED) is 0.206. The SMILES string of the molecule is Cc1nnc(N2C(=O)C(=O)C(=C(O)c3ccc(Cl)cc3)C2c2cccc(Oc3ccccc3)c2)s1. The van der Waals surface area contributed by atoms with Gasteiger partial charge in [0.1, 0.15) is 22.3 Å². The number of Topliss-reactive ketones (excluding diaryl/α,β-unsaturated/α-hetero) is 1. The Morgan fingerprint density at radius 1 is 0.971 bits per heavy atom. The lowest BCUT2D eigenvalue weighted by Gasteiger charge is -2.23. The monoisotopic (exact) mass is 503 g/mol. The number of benzene rings is 3. The number of halogens is 1. The van der Waals surface area contributed by atoms with Crippen molar-refractivity contribution in [1.82, 2.24) is 10.2 Å². The van der Waals surface area contributed by atoms with E-state index in [1.165, 1.54) is 16.2 Å². The molecule has 9 heteroatoms. The average Bonchev–Trinajstić information content (AvgIpc) is 3.40. The summed E-state index contributed by atoms with van der Waals surface area (Å²) in [6.07, 6.45) is 0. The molecule has 0 spiro atoms. The van der Waals surface area contributed by atoms with E-state index in [0.717, 1.165) is 0 Å². The van der Waals surface area contributed by atoms with Crippen LogP contribution in [0.15, 0.2) is 84.4 Å². The molecule has 0 bridgehead atoms. The fraction of sp³-hybridized carbons (Fsp3) is 0.0769.